The molecule has 0 saturated heterocycles. The highest BCUT2D eigenvalue weighted by atomic mass is 16.5. The summed E-state index contributed by atoms with van der Waals surface area (Å²) in [5, 5.41) is 0. The van der Waals surface area contributed by atoms with E-state index in [0.29, 0.717) is 0 Å². The molecule has 0 radical (unpaired) electrons. The third-order valence-electron chi connectivity index (χ3n) is 2.80. The van der Waals surface area contributed by atoms with E-state index in [9.17, 15) is 4.79 Å². The molecule has 1 atom stereocenters. The third kappa shape index (κ3) is 5.53. The largest absolute Gasteiger partial charge is 0.458 e. The molecule has 0 amide bonds. The van der Waals surface area contributed by atoms with Crippen molar-refractivity contribution in [3.63, 3.8) is 0 Å². The van der Waals surface area contributed by atoms with Gasteiger partial charge in [-0.25, -0.2) is 0 Å². The van der Waals surface area contributed by atoms with E-state index in [2.05, 4.69) is 6.92 Å². The molecular formula is C15H22O2. The number of hydrogen-bond acceptors (Lipinski definition) is 2. The summed E-state index contributed by atoms with van der Waals surface area (Å²) in [6, 6.07) is 9.99. The van der Waals surface area contributed by atoms with Crippen LogP contribution >= 0.6 is 0 Å². The molecule has 1 rings (SSSR count). The lowest BCUT2D eigenvalue weighted by molar-refractivity contribution is -0.147. The van der Waals surface area contributed by atoms with Gasteiger partial charge < -0.3 is 4.74 Å². The second-order valence-electron chi connectivity index (χ2n) is 4.36. The number of ether oxygens (including phenoxy) is 1. The summed E-state index contributed by atoms with van der Waals surface area (Å²) in [4.78, 5) is 11.1. The van der Waals surface area contributed by atoms with E-state index in [1.165, 1.54) is 26.2 Å². The van der Waals surface area contributed by atoms with Crippen LogP contribution in [0, 0.1) is 0 Å². The highest BCUT2D eigenvalue weighted by Crippen LogP contribution is 2.24. The van der Waals surface area contributed by atoms with E-state index in [-0.39, 0.29) is 12.1 Å². The van der Waals surface area contributed by atoms with Gasteiger partial charge in [0.15, 0.2) is 0 Å². The van der Waals surface area contributed by atoms with Crippen LogP contribution in [0.4, 0.5) is 0 Å². The van der Waals surface area contributed by atoms with Gasteiger partial charge in [0.05, 0.1) is 0 Å². The molecule has 1 aromatic carbocycles. The molecule has 0 spiro atoms. The zero-order valence-corrected chi connectivity index (χ0v) is 10.8. The number of carbonyl (C=O) groups excluding carboxylic acids is 1. The maximum atomic E-state index is 11.1. The van der Waals surface area contributed by atoms with Gasteiger partial charge in [0.2, 0.25) is 0 Å². The molecule has 0 heterocycles. The molecule has 1 unspecified atom stereocenters. The zero-order valence-electron chi connectivity index (χ0n) is 10.8. The highest BCUT2D eigenvalue weighted by Gasteiger charge is 2.13. The molecule has 0 saturated carbocycles. The molecule has 0 aliphatic rings. The maximum Gasteiger partial charge on any atom is 0.303 e. The van der Waals surface area contributed by atoms with Gasteiger partial charge in [-0.3, -0.25) is 4.79 Å². The van der Waals surface area contributed by atoms with E-state index >= 15 is 0 Å². The van der Waals surface area contributed by atoms with Gasteiger partial charge in [-0.15, -0.1) is 0 Å². The van der Waals surface area contributed by atoms with Gasteiger partial charge in [0.1, 0.15) is 6.10 Å². The molecule has 0 aliphatic heterocycles. The molecule has 17 heavy (non-hydrogen) atoms. The van der Waals surface area contributed by atoms with Crippen LogP contribution < -0.4 is 0 Å². The molecule has 0 aromatic heterocycles. The Balaban J connectivity index is 2.52. The van der Waals surface area contributed by atoms with Gasteiger partial charge in [-0.1, -0.05) is 56.5 Å². The van der Waals surface area contributed by atoms with Crippen LogP contribution in [0.5, 0.6) is 0 Å². The fourth-order valence-corrected chi connectivity index (χ4v) is 1.92. The second-order valence-corrected chi connectivity index (χ2v) is 4.36. The number of rotatable bonds is 7. The van der Waals surface area contributed by atoms with Crippen LogP contribution in [0.25, 0.3) is 0 Å². The SMILES string of the molecule is CCCCCCC(OC(C)=O)c1ccccc1. The Hall–Kier alpha value is -1.31. The quantitative estimate of drug-likeness (QED) is 0.520. The molecule has 0 N–H and O–H groups in total. The lowest BCUT2D eigenvalue weighted by Gasteiger charge is -2.17. The van der Waals surface area contributed by atoms with E-state index in [1.54, 1.807) is 0 Å². The number of carbonyl (C=O) groups is 1. The highest BCUT2D eigenvalue weighted by molar-refractivity contribution is 5.66. The van der Waals surface area contributed by atoms with Crippen molar-refractivity contribution in [1.82, 2.24) is 0 Å². The van der Waals surface area contributed by atoms with Crippen LogP contribution in [0.1, 0.15) is 57.6 Å². The normalized spacial score (nSPS) is 12.1. The van der Waals surface area contributed by atoms with E-state index < -0.39 is 0 Å². The van der Waals surface area contributed by atoms with Gasteiger partial charge in [-0.2, -0.15) is 0 Å². The van der Waals surface area contributed by atoms with Crippen molar-refractivity contribution in [3.8, 4) is 0 Å². The average Bonchev–Trinajstić information content (AvgIpc) is 2.34. The van der Waals surface area contributed by atoms with E-state index in [0.717, 1.165) is 18.4 Å². The van der Waals surface area contributed by atoms with Crippen molar-refractivity contribution in [3.05, 3.63) is 35.9 Å². The number of benzene rings is 1. The fourth-order valence-electron chi connectivity index (χ4n) is 1.92. The molecule has 94 valence electrons. The van der Waals surface area contributed by atoms with Crippen LogP contribution in [0.2, 0.25) is 0 Å². The lowest BCUT2D eigenvalue weighted by atomic mass is 10.0. The Labute approximate surface area is 104 Å². The average molecular weight is 234 g/mol. The Kier molecular flexibility index (Phi) is 6.38. The Bertz CT molecular complexity index is 319. The third-order valence-corrected chi connectivity index (χ3v) is 2.80. The molecule has 0 bridgehead atoms. The summed E-state index contributed by atoms with van der Waals surface area (Å²) in [6.07, 6.45) is 5.64. The van der Waals surface area contributed by atoms with Crippen molar-refractivity contribution in [2.24, 2.45) is 0 Å². The van der Waals surface area contributed by atoms with Gasteiger partial charge >= 0.3 is 5.97 Å². The monoisotopic (exact) mass is 234 g/mol. The van der Waals surface area contributed by atoms with Crippen LogP contribution in [0.3, 0.4) is 0 Å². The van der Waals surface area contributed by atoms with E-state index in [1.807, 2.05) is 30.3 Å². The summed E-state index contributed by atoms with van der Waals surface area (Å²) in [6.45, 7) is 3.67. The van der Waals surface area contributed by atoms with Crippen molar-refractivity contribution in [2.75, 3.05) is 0 Å². The van der Waals surface area contributed by atoms with Crippen molar-refractivity contribution in [2.45, 2.75) is 52.1 Å². The number of hydrogen-bond donors (Lipinski definition) is 0. The predicted molar refractivity (Wildman–Crippen MR) is 69.7 cm³/mol. The van der Waals surface area contributed by atoms with Gasteiger partial charge in [0, 0.05) is 6.92 Å². The zero-order chi connectivity index (χ0) is 12.5. The first-order valence-corrected chi connectivity index (χ1v) is 6.46. The minimum Gasteiger partial charge on any atom is -0.458 e. The molecule has 1 aromatic rings. The Morgan fingerprint density at radius 1 is 1.18 bits per heavy atom. The smallest absolute Gasteiger partial charge is 0.303 e. The van der Waals surface area contributed by atoms with Gasteiger partial charge in [-0.05, 0) is 18.4 Å². The first-order valence-electron chi connectivity index (χ1n) is 6.46. The van der Waals surface area contributed by atoms with E-state index in [4.69, 9.17) is 4.74 Å². The van der Waals surface area contributed by atoms with Gasteiger partial charge in [0.25, 0.3) is 0 Å². The van der Waals surface area contributed by atoms with Crippen LogP contribution in [0.15, 0.2) is 30.3 Å². The van der Waals surface area contributed by atoms with Crippen LogP contribution in [-0.4, -0.2) is 5.97 Å². The minimum absolute atomic E-state index is 0.0782. The fraction of sp³-hybridized carbons (Fsp3) is 0.533. The minimum atomic E-state index is -0.200. The summed E-state index contributed by atoms with van der Waals surface area (Å²) in [5.41, 5.74) is 1.10. The molecule has 0 fully saturated rings. The summed E-state index contributed by atoms with van der Waals surface area (Å²) in [5.74, 6) is -0.200. The molecule has 2 nitrogen and oxygen atoms in total. The molecular weight excluding hydrogens is 212 g/mol. The predicted octanol–water partition coefficient (Wildman–Crippen LogP) is 4.26. The first kappa shape index (κ1) is 13.8. The molecule has 2 heteroatoms. The van der Waals surface area contributed by atoms with Crippen molar-refractivity contribution in [1.29, 1.82) is 0 Å². The lowest BCUT2D eigenvalue weighted by Crippen LogP contribution is -2.08. The summed E-state index contributed by atoms with van der Waals surface area (Å²) in [7, 11) is 0. The number of unbranched alkanes of at least 4 members (excludes halogenated alkanes) is 3. The van der Waals surface area contributed by atoms with Crippen molar-refractivity contribution >= 4 is 5.97 Å². The Morgan fingerprint density at radius 2 is 1.88 bits per heavy atom. The Morgan fingerprint density at radius 3 is 2.47 bits per heavy atom. The van der Waals surface area contributed by atoms with Crippen LogP contribution in [-0.2, 0) is 9.53 Å². The number of esters is 1. The maximum absolute atomic E-state index is 11.1. The summed E-state index contributed by atoms with van der Waals surface area (Å²) >= 11 is 0. The first-order chi connectivity index (χ1) is 8.24. The standard InChI is InChI=1S/C15H22O2/c1-3-4-5-9-12-15(17-13(2)16)14-10-7-6-8-11-14/h6-8,10-11,15H,3-5,9,12H2,1-2H3. The summed E-state index contributed by atoms with van der Waals surface area (Å²) < 4.78 is 5.38. The molecule has 0 aliphatic carbocycles. The second kappa shape index (κ2) is 7.88. The topological polar surface area (TPSA) is 26.3 Å². The van der Waals surface area contributed by atoms with Crippen molar-refractivity contribution < 1.29 is 9.53 Å².